The maximum Gasteiger partial charge on any atom is 0.191 e. The Morgan fingerprint density at radius 1 is 1.14 bits per heavy atom. The molecule has 154 valence electrons. The first-order valence-electron chi connectivity index (χ1n) is 10.6. The number of ether oxygens (including phenoxy) is 1. The molecule has 1 aliphatic heterocycles. The van der Waals surface area contributed by atoms with E-state index in [4.69, 9.17) is 4.74 Å². The minimum atomic E-state index is 0.287. The number of methoxy groups -OCH3 is 1. The maximum absolute atomic E-state index is 5.36. The summed E-state index contributed by atoms with van der Waals surface area (Å²) in [5, 5.41) is 7.11. The van der Waals surface area contributed by atoms with Crippen LogP contribution in [0.15, 0.2) is 59.6 Å². The average Bonchev–Trinajstić information content (AvgIpc) is 3.43. The smallest absolute Gasteiger partial charge is 0.191 e. The maximum atomic E-state index is 5.36. The van der Waals surface area contributed by atoms with Crippen molar-refractivity contribution in [2.45, 2.75) is 24.7 Å². The Bertz CT molecular complexity index is 832. The van der Waals surface area contributed by atoms with Gasteiger partial charge in [0.25, 0.3) is 0 Å². The molecule has 4 rings (SSSR count). The summed E-state index contributed by atoms with van der Waals surface area (Å²) >= 11 is 0. The normalized spacial score (nSPS) is 20.4. The van der Waals surface area contributed by atoms with Gasteiger partial charge in [-0.2, -0.15) is 0 Å². The highest BCUT2D eigenvalue weighted by atomic mass is 16.5. The predicted octanol–water partition coefficient (Wildman–Crippen LogP) is 3.42. The van der Waals surface area contributed by atoms with Crippen LogP contribution in [0.5, 0.6) is 5.75 Å². The zero-order valence-corrected chi connectivity index (χ0v) is 17.5. The third kappa shape index (κ3) is 4.66. The predicted molar refractivity (Wildman–Crippen MR) is 120 cm³/mol. The van der Waals surface area contributed by atoms with Crippen LogP contribution in [-0.4, -0.2) is 46.3 Å². The van der Waals surface area contributed by atoms with Crippen molar-refractivity contribution in [2.75, 3.05) is 45.2 Å². The van der Waals surface area contributed by atoms with Crippen LogP contribution in [0.1, 0.15) is 24.8 Å². The number of rotatable bonds is 7. The Hall–Kier alpha value is -2.69. The molecule has 1 aliphatic carbocycles. The van der Waals surface area contributed by atoms with E-state index in [9.17, 15) is 0 Å². The number of nitrogens with zero attached hydrogens (tertiary/aromatic N) is 2. The summed E-state index contributed by atoms with van der Waals surface area (Å²) in [6.07, 6.45) is 3.69. The highest BCUT2D eigenvalue weighted by molar-refractivity contribution is 5.79. The molecule has 1 saturated heterocycles. The summed E-state index contributed by atoms with van der Waals surface area (Å²) < 4.78 is 5.36. The van der Waals surface area contributed by atoms with E-state index in [2.05, 4.69) is 69.1 Å². The lowest BCUT2D eigenvalue weighted by atomic mass is 9.96. The first-order chi connectivity index (χ1) is 14.2. The van der Waals surface area contributed by atoms with E-state index in [-0.39, 0.29) is 5.41 Å². The van der Waals surface area contributed by atoms with Crippen molar-refractivity contribution in [3.63, 3.8) is 0 Å². The number of anilines is 1. The molecule has 2 N–H and O–H groups in total. The van der Waals surface area contributed by atoms with Gasteiger partial charge in [-0.25, -0.2) is 0 Å². The van der Waals surface area contributed by atoms with Gasteiger partial charge in [0.2, 0.25) is 0 Å². The molecule has 5 heteroatoms. The van der Waals surface area contributed by atoms with E-state index in [0.29, 0.717) is 5.92 Å². The summed E-state index contributed by atoms with van der Waals surface area (Å²) in [4.78, 5) is 6.88. The number of nitrogens with one attached hydrogen (secondary N) is 2. The van der Waals surface area contributed by atoms with Crippen LogP contribution in [0.3, 0.4) is 0 Å². The van der Waals surface area contributed by atoms with Gasteiger partial charge in [-0.1, -0.05) is 36.4 Å². The topological polar surface area (TPSA) is 48.9 Å². The highest BCUT2D eigenvalue weighted by Gasteiger charge is 2.44. The van der Waals surface area contributed by atoms with Crippen LogP contribution in [0.4, 0.5) is 5.69 Å². The molecule has 2 aromatic carbocycles. The molecular weight excluding hydrogens is 360 g/mol. The Balaban J connectivity index is 1.25. The van der Waals surface area contributed by atoms with Crippen molar-refractivity contribution >= 4 is 11.6 Å². The quantitative estimate of drug-likeness (QED) is 0.560. The molecule has 2 fully saturated rings. The fourth-order valence-electron chi connectivity index (χ4n) is 4.27. The first-order valence-corrected chi connectivity index (χ1v) is 10.6. The van der Waals surface area contributed by atoms with Crippen LogP contribution >= 0.6 is 0 Å². The highest BCUT2D eigenvalue weighted by Crippen LogP contribution is 2.47. The molecular formula is C24H32N4O. The van der Waals surface area contributed by atoms with Gasteiger partial charge < -0.3 is 20.3 Å². The SMILES string of the molecule is CN=C(NCC1CCN(c2cccc(OC)c2)C1)NCC1(c2ccccc2)CC1. The average molecular weight is 393 g/mol. The van der Waals surface area contributed by atoms with Gasteiger partial charge in [-0.05, 0) is 42.9 Å². The van der Waals surface area contributed by atoms with Gasteiger partial charge in [0.05, 0.1) is 7.11 Å². The van der Waals surface area contributed by atoms with E-state index in [1.54, 1.807) is 7.11 Å². The van der Waals surface area contributed by atoms with Crippen molar-refractivity contribution in [1.82, 2.24) is 10.6 Å². The van der Waals surface area contributed by atoms with Crippen molar-refractivity contribution in [2.24, 2.45) is 10.9 Å². The van der Waals surface area contributed by atoms with Crippen molar-refractivity contribution in [3.8, 4) is 5.75 Å². The number of guanidine groups is 1. The van der Waals surface area contributed by atoms with Crippen LogP contribution in [-0.2, 0) is 5.41 Å². The van der Waals surface area contributed by atoms with Crippen molar-refractivity contribution < 1.29 is 4.74 Å². The van der Waals surface area contributed by atoms with Gasteiger partial charge in [-0.3, -0.25) is 4.99 Å². The Morgan fingerprint density at radius 2 is 1.97 bits per heavy atom. The molecule has 0 aromatic heterocycles. The number of aliphatic imine (C=N–C) groups is 1. The van der Waals surface area contributed by atoms with Gasteiger partial charge >= 0.3 is 0 Å². The third-order valence-electron chi connectivity index (χ3n) is 6.32. The molecule has 1 unspecified atom stereocenters. The molecule has 0 spiro atoms. The zero-order valence-electron chi connectivity index (χ0n) is 17.5. The van der Waals surface area contributed by atoms with E-state index in [0.717, 1.165) is 37.9 Å². The monoisotopic (exact) mass is 392 g/mol. The van der Waals surface area contributed by atoms with Crippen LogP contribution in [0, 0.1) is 5.92 Å². The molecule has 29 heavy (non-hydrogen) atoms. The standard InChI is InChI=1S/C24H32N4O/c1-25-23(27-18-24(12-13-24)20-7-4-3-5-8-20)26-16-19-11-14-28(17-19)21-9-6-10-22(15-21)29-2/h3-10,15,19H,11-14,16-18H2,1-2H3,(H2,25,26,27). The lowest BCUT2D eigenvalue weighted by Gasteiger charge is -2.21. The molecule has 2 aromatic rings. The van der Waals surface area contributed by atoms with Gasteiger partial charge in [0, 0.05) is 50.4 Å². The molecule has 1 saturated carbocycles. The first kappa shape index (κ1) is 19.6. The second-order valence-corrected chi connectivity index (χ2v) is 8.26. The molecule has 1 heterocycles. The fourth-order valence-corrected chi connectivity index (χ4v) is 4.27. The second kappa shape index (κ2) is 8.76. The Kier molecular flexibility index (Phi) is 5.93. The summed E-state index contributed by atoms with van der Waals surface area (Å²) in [5.41, 5.74) is 2.97. The van der Waals surface area contributed by atoms with Gasteiger partial charge in [0.15, 0.2) is 5.96 Å². The molecule has 0 amide bonds. The Morgan fingerprint density at radius 3 is 2.69 bits per heavy atom. The summed E-state index contributed by atoms with van der Waals surface area (Å²) in [6, 6.07) is 19.2. The van der Waals surface area contributed by atoms with Gasteiger partial charge in [-0.15, -0.1) is 0 Å². The van der Waals surface area contributed by atoms with Crippen LogP contribution < -0.4 is 20.3 Å². The summed E-state index contributed by atoms with van der Waals surface area (Å²) in [7, 11) is 3.58. The molecule has 0 bridgehead atoms. The van der Waals surface area contributed by atoms with Crippen LogP contribution in [0.2, 0.25) is 0 Å². The minimum absolute atomic E-state index is 0.287. The second-order valence-electron chi connectivity index (χ2n) is 8.26. The summed E-state index contributed by atoms with van der Waals surface area (Å²) in [6.45, 7) is 4.03. The minimum Gasteiger partial charge on any atom is -0.497 e. The molecule has 1 atom stereocenters. The molecule has 2 aliphatic rings. The number of benzene rings is 2. The van der Waals surface area contributed by atoms with Crippen LogP contribution in [0.25, 0.3) is 0 Å². The van der Waals surface area contributed by atoms with Crippen molar-refractivity contribution in [1.29, 1.82) is 0 Å². The van der Waals surface area contributed by atoms with E-state index < -0.39 is 0 Å². The van der Waals surface area contributed by atoms with E-state index in [1.807, 2.05) is 13.1 Å². The number of hydrogen-bond donors (Lipinski definition) is 2. The van der Waals surface area contributed by atoms with Crippen molar-refractivity contribution in [3.05, 3.63) is 60.2 Å². The molecule has 0 radical (unpaired) electrons. The van der Waals surface area contributed by atoms with E-state index in [1.165, 1.54) is 30.5 Å². The van der Waals surface area contributed by atoms with E-state index >= 15 is 0 Å². The lowest BCUT2D eigenvalue weighted by Crippen LogP contribution is -2.43. The summed E-state index contributed by atoms with van der Waals surface area (Å²) in [5.74, 6) is 2.44. The Labute approximate surface area is 174 Å². The number of hydrogen-bond acceptors (Lipinski definition) is 3. The van der Waals surface area contributed by atoms with Gasteiger partial charge in [0.1, 0.15) is 5.75 Å². The third-order valence-corrected chi connectivity index (χ3v) is 6.32. The lowest BCUT2D eigenvalue weighted by molar-refractivity contribution is 0.415. The fraction of sp³-hybridized carbons (Fsp3) is 0.458. The zero-order chi connectivity index (χ0) is 20.1. The molecule has 5 nitrogen and oxygen atoms in total. The largest absolute Gasteiger partial charge is 0.497 e.